The van der Waals surface area contributed by atoms with Gasteiger partial charge in [0.15, 0.2) is 0 Å². The van der Waals surface area contributed by atoms with Gasteiger partial charge in [-0.1, -0.05) is 0 Å². The molecule has 0 radical (unpaired) electrons. The molecule has 0 aromatic rings. The van der Waals surface area contributed by atoms with Gasteiger partial charge in [0.1, 0.15) is 0 Å². The predicted octanol–water partition coefficient (Wildman–Crippen LogP) is 0.821. The zero-order valence-corrected chi connectivity index (χ0v) is 17.5. The molecule has 0 saturated carbocycles. The van der Waals surface area contributed by atoms with Crippen molar-refractivity contribution in [2.24, 2.45) is 5.73 Å². The summed E-state index contributed by atoms with van der Waals surface area (Å²) in [6.07, 6.45) is 3.24. The van der Waals surface area contributed by atoms with Gasteiger partial charge in [-0.3, -0.25) is 0 Å². The molecule has 0 spiro atoms. The lowest BCUT2D eigenvalue weighted by Gasteiger charge is -2.35. The highest BCUT2D eigenvalue weighted by Crippen LogP contribution is 2.22. The first-order valence-corrected chi connectivity index (χ1v) is 9.71. The molecule has 6 nitrogen and oxygen atoms in total. The lowest BCUT2D eigenvalue weighted by atomic mass is 9.84. The minimum absolute atomic E-state index is 0.445. The quantitative estimate of drug-likeness (QED) is 0.401. The SMILES string of the molecule is CC(O)CC(N)(CCN(CCCN(C)C)CCCN(C)C)CC(C)O. The maximum absolute atomic E-state index is 9.78. The first-order valence-electron chi connectivity index (χ1n) is 9.71. The van der Waals surface area contributed by atoms with Crippen molar-refractivity contribution in [3.63, 3.8) is 0 Å². The van der Waals surface area contributed by atoms with E-state index in [4.69, 9.17) is 5.73 Å². The fourth-order valence-corrected chi connectivity index (χ4v) is 3.40. The highest BCUT2D eigenvalue weighted by Gasteiger charge is 2.29. The van der Waals surface area contributed by atoms with Crippen LogP contribution in [-0.2, 0) is 0 Å². The minimum atomic E-state index is -0.510. The molecule has 0 heterocycles. The van der Waals surface area contributed by atoms with Crippen LogP contribution >= 0.6 is 0 Å². The topological polar surface area (TPSA) is 76.2 Å². The molecular weight excluding hydrogens is 316 g/mol. The molecule has 0 aromatic heterocycles. The number of hydrogen-bond donors (Lipinski definition) is 3. The monoisotopic (exact) mass is 360 g/mol. The fraction of sp³-hybridized carbons (Fsp3) is 1.00. The number of nitrogens with two attached hydrogens (primary N) is 1. The van der Waals surface area contributed by atoms with Crippen molar-refractivity contribution in [1.82, 2.24) is 14.7 Å². The van der Waals surface area contributed by atoms with Gasteiger partial charge < -0.3 is 30.6 Å². The van der Waals surface area contributed by atoms with Crippen LogP contribution in [0, 0.1) is 0 Å². The van der Waals surface area contributed by atoms with Gasteiger partial charge >= 0.3 is 0 Å². The van der Waals surface area contributed by atoms with E-state index in [0.717, 1.165) is 52.0 Å². The Morgan fingerprint density at radius 3 is 1.48 bits per heavy atom. The molecular formula is C19H44N4O2. The third kappa shape index (κ3) is 14.6. The van der Waals surface area contributed by atoms with Crippen LogP contribution < -0.4 is 5.73 Å². The standard InChI is InChI=1S/C19H44N4O2/c1-17(24)15-19(20,16-18(2)25)9-14-23(12-7-10-21(3)4)13-8-11-22(5)6/h17-18,24-25H,7-16,20H2,1-6H3. The molecule has 0 fully saturated rings. The molecule has 0 bridgehead atoms. The van der Waals surface area contributed by atoms with Crippen molar-refractivity contribution in [2.45, 2.75) is 63.7 Å². The Morgan fingerprint density at radius 2 is 1.16 bits per heavy atom. The average Bonchev–Trinajstić information content (AvgIpc) is 2.41. The van der Waals surface area contributed by atoms with E-state index < -0.39 is 17.7 Å². The lowest BCUT2D eigenvalue weighted by Crippen LogP contribution is -2.47. The molecule has 0 amide bonds. The summed E-state index contributed by atoms with van der Waals surface area (Å²) in [5.74, 6) is 0. The number of aliphatic hydroxyl groups excluding tert-OH is 2. The predicted molar refractivity (Wildman–Crippen MR) is 107 cm³/mol. The number of nitrogens with zero attached hydrogens (tertiary/aromatic N) is 3. The normalized spacial score (nSPS) is 17.3. The first-order chi connectivity index (χ1) is 11.5. The van der Waals surface area contributed by atoms with Crippen LogP contribution in [0.4, 0.5) is 0 Å². The van der Waals surface area contributed by atoms with E-state index in [-0.39, 0.29) is 0 Å². The van der Waals surface area contributed by atoms with Crippen LogP contribution in [-0.4, -0.2) is 104 Å². The summed E-state index contributed by atoms with van der Waals surface area (Å²) < 4.78 is 0. The smallest absolute Gasteiger partial charge is 0.0529 e. The van der Waals surface area contributed by atoms with E-state index in [0.29, 0.717) is 12.8 Å². The molecule has 2 atom stereocenters. The second-order valence-corrected chi connectivity index (χ2v) is 8.37. The van der Waals surface area contributed by atoms with Gasteiger partial charge in [-0.05, 0) is 107 Å². The molecule has 152 valence electrons. The Bertz CT molecular complexity index is 299. The molecule has 25 heavy (non-hydrogen) atoms. The largest absolute Gasteiger partial charge is 0.393 e. The van der Waals surface area contributed by atoms with Gasteiger partial charge in [-0.25, -0.2) is 0 Å². The molecule has 0 aliphatic heterocycles. The van der Waals surface area contributed by atoms with E-state index in [2.05, 4.69) is 42.9 Å². The maximum Gasteiger partial charge on any atom is 0.0529 e. The Kier molecular flexibility index (Phi) is 12.9. The van der Waals surface area contributed by atoms with Crippen LogP contribution in [0.3, 0.4) is 0 Å². The third-order valence-corrected chi connectivity index (χ3v) is 4.49. The summed E-state index contributed by atoms with van der Waals surface area (Å²) in [4.78, 5) is 6.91. The van der Waals surface area contributed by atoms with Crippen LogP contribution in [0.25, 0.3) is 0 Å². The van der Waals surface area contributed by atoms with Crippen LogP contribution in [0.1, 0.15) is 46.0 Å². The lowest BCUT2D eigenvalue weighted by molar-refractivity contribution is 0.0919. The molecule has 0 saturated heterocycles. The van der Waals surface area contributed by atoms with Gasteiger partial charge in [0.05, 0.1) is 12.2 Å². The Labute approximate surface area is 156 Å². The summed E-state index contributed by atoms with van der Waals surface area (Å²) in [6, 6.07) is 0. The Hall–Kier alpha value is -0.240. The van der Waals surface area contributed by atoms with Gasteiger partial charge in [0.25, 0.3) is 0 Å². The summed E-state index contributed by atoms with van der Waals surface area (Å²) in [5.41, 5.74) is 6.03. The number of aliphatic hydroxyl groups is 2. The summed E-state index contributed by atoms with van der Waals surface area (Å²) >= 11 is 0. The molecule has 6 heteroatoms. The van der Waals surface area contributed by atoms with Gasteiger partial charge in [0, 0.05) is 5.54 Å². The van der Waals surface area contributed by atoms with Crippen LogP contribution in [0.2, 0.25) is 0 Å². The van der Waals surface area contributed by atoms with Crippen molar-refractivity contribution in [2.75, 3.05) is 60.9 Å². The minimum Gasteiger partial charge on any atom is -0.393 e. The molecule has 2 unspecified atom stereocenters. The van der Waals surface area contributed by atoms with Crippen molar-refractivity contribution in [1.29, 1.82) is 0 Å². The number of rotatable bonds is 15. The van der Waals surface area contributed by atoms with Crippen molar-refractivity contribution < 1.29 is 10.2 Å². The van der Waals surface area contributed by atoms with E-state index in [1.54, 1.807) is 13.8 Å². The average molecular weight is 361 g/mol. The van der Waals surface area contributed by atoms with Crippen LogP contribution in [0.5, 0.6) is 0 Å². The second-order valence-electron chi connectivity index (χ2n) is 8.37. The summed E-state index contributed by atoms with van der Waals surface area (Å²) in [7, 11) is 8.41. The van der Waals surface area contributed by atoms with Gasteiger partial charge in [0.2, 0.25) is 0 Å². The molecule has 0 rings (SSSR count). The van der Waals surface area contributed by atoms with Crippen molar-refractivity contribution in [3.8, 4) is 0 Å². The highest BCUT2D eigenvalue weighted by atomic mass is 16.3. The maximum atomic E-state index is 9.78. The molecule has 0 aliphatic rings. The second kappa shape index (κ2) is 13.0. The van der Waals surface area contributed by atoms with Crippen molar-refractivity contribution >= 4 is 0 Å². The van der Waals surface area contributed by atoms with E-state index >= 15 is 0 Å². The number of hydrogen-bond acceptors (Lipinski definition) is 6. The van der Waals surface area contributed by atoms with E-state index in [1.165, 1.54) is 0 Å². The Balaban J connectivity index is 4.63. The zero-order chi connectivity index (χ0) is 19.5. The van der Waals surface area contributed by atoms with E-state index in [1.807, 2.05) is 0 Å². The zero-order valence-electron chi connectivity index (χ0n) is 17.5. The van der Waals surface area contributed by atoms with Gasteiger partial charge in [-0.2, -0.15) is 0 Å². The molecule has 4 N–H and O–H groups in total. The van der Waals surface area contributed by atoms with Gasteiger partial charge in [-0.15, -0.1) is 0 Å². The molecule has 0 aliphatic carbocycles. The highest BCUT2D eigenvalue weighted by molar-refractivity contribution is 4.88. The Morgan fingerprint density at radius 1 is 0.760 bits per heavy atom. The first kappa shape index (κ1) is 24.8. The summed E-state index contributed by atoms with van der Waals surface area (Å²) in [5, 5.41) is 19.6. The van der Waals surface area contributed by atoms with Crippen molar-refractivity contribution in [3.05, 3.63) is 0 Å². The summed E-state index contributed by atoms with van der Waals surface area (Å²) in [6.45, 7) is 8.75. The fourth-order valence-electron chi connectivity index (χ4n) is 3.40. The molecule has 0 aromatic carbocycles. The third-order valence-electron chi connectivity index (χ3n) is 4.49. The van der Waals surface area contributed by atoms with E-state index in [9.17, 15) is 10.2 Å². The van der Waals surface area contributed by atoms with Crippen LogP contribution in [0.15, 0.2) is 0 Å².